The Bertz CT molecular complexity index is 685. The summed E-state index contributed by atoms with van der Waals surface area (Å²) in [5.41, 5.74) is -1.00. The maximum Gasteiger partial charge on any atom is 0.341 e. The number of aliphatic hydroxyl groups excluding tert-OH is 1. The Kier molecular flexibility index (Phi) is 3.79. The number of nitrogens with zero attached hydrogens (tertiary/aromatic N) is 1. The van der Waals surface area contributed by atoms with Crippen LogP contribution in [0.15, 0.2) is 23.3 Å². The minimum absolute atomic E-state index is 0.0233. The van der Waals surface area contributed by atoms with E-state index >= 15 is 0 Å². The number of epoxide rings is 1. The van der Waals surface area contributed by atoms with E-state index in [0.717, 1.165) is 25.1 Å². The summed E-state index contributed by atoms with van der Waals surface area (Å²) in [6.07, 6.45) is 4.34. The minimum Gasteiger partial charge on any atom is -0.459 e. The number of ether oxygens (including phenoxy) is 3. The average Bonchev–Trinajstić information content (AvgIpc) is 2.90. The molecule has 0 aromatic rings. The van der Waals surface area contributed by atoms with Crippen molar-refractivity contribution in [3.05, 3.63) is 23.3 Å². The van der Waals surface area contributed by atoms with Crippen molar-refractivity contribution in [2.45, 2.75) is 50.0 Å². The molecule has 0 spiro atoms. The second kappa shape index (κ2) is 5.65. The van der Waals surface area contributed by atoms with Crippen LogP contribution in [0.1, 0.15) is 26.7 Å². The number of fused-ring (bicyclic) bond motifs is 1. The average molecular weight is 349 g/mol. The fourth-order valence-corrected chi connectivity index (χ4v) is 4.26. The Morgan fingerprint density at radius 2 is 2.24 bits per heavy atom. The summed E-state index contributed by atoms with van der Waals surface area (Å²) in [7, 11) is 0. The van der Waals surface area contributed by atoms with Crippen molar-refractivity contribution in [2.75, 3.05) is 26.3 Å². The largest absolute Gasteiger partial charge is 0.459 e. The number of esters is 2. The Morgan fingerprint density at radius 1 is 1.44 bits per heavy atom. The maximum absolute atomic E-state index is 12.7. The van der Waals surface area contributed by atoms with Gasteiger partial charge in [0, 0.05) is 25.1 Å². The highest BCUT2D eigenvalue weighted by atomic mass is 16.7. The highest BCUT2D eigenvalue weighted by Crippen LogP contribution is 2.52. The molecule has 0 amide bonds. The molecule has 3 saturated heterocycles. The van der Waals surface area contributed by atoms with Crippen LogP contribution in [-0.4, -0.2) is 71.6 Å². The van der Waals surface area contributed by atoms with Crippen molar-refractivity contribution in [3.63, 3.8) is 0 Å². The van der Waals surface area contributed by atoms with Crippen molar-refractivity contribution in [1.29, 1.82) is 0 Å². The molecule has 0 bridgehead atoms. The van der Waals surface area contributed by atoms with Crippen molar-refractivity contribution < 1.29 is 28.9 Å². The molecule has 0 saturated carbocycles. The Morgan fingerprint density at radius 3 is 2.96 bits per heavy atom. The molecule has 4 heterocycles. The van der Waals surface area contributed by atoms with Crippen LogP contribution < -0.4 is 0 Å². The lowest BCUT2D eigenvalue weighted by Gasteiger charge is -2.26. The van der Waals surface area contributed by atoms with Crippen molar-refractivity contribution in [2.24, 2.45) is 0 Å². The van der Waals surface area contributed by atoms with Gasteiger partial charge in [0.2, 0.25) is 0 Å². The first-order valence-electron chi connectivity index (χ1n) is 8.71. The van der Waals surface area contributed by atoms with Crippen molar-refractivity contribution in [3.8, 4) is 0 Å². The first-order valence-corrected chi connectivity index (χ1v) is 8.71. The summed E-state index contributed by atoms with van der Waals surface area (Å²) >= 11 is 0. The third-order valence-electron chi connectivity index (χ3n) is 6.00. The second-order valence-electron chi connectivity index (χ2n) is 7.31. The molecule has 7 nitrogen and oxygen atoms in total. The fraction of sp³-hybridized carbons (Fsp3) is 0.667. The second-order valence-corrected chi connectivity index (χ2v) is 7.31. The van der Waals surface area contributed by atoms with Gasteiger partial charge in [-0.15, -0.1) is 0 Å². The van der Waals surface area contributed by atoms with E-state index in [4.69, 9.17) is 14.2 Å². The molecule has 25 heavy (non-hydrogen) atoms. The standard InChI is InChI=1S/C18H23NO6/c1-3-11-8-18(10-20)17(2,25-18)16(22)23-9-12-4-6-19-7-5-13(14(12)19)24-15(11)21/h3-4,13-14,20H,5-10H2,1-2H3/b11-3-/t13-,14-,17+,18-/m1/s1. The molecule has 4 aliphatic heterocycles. The normalized spacial score (nSPS) is 42.7. The predicted molar refractivity (Wildman–Crippen MR) is 86.6 cm³/mol. The summed E-state index contributed by atoms with van der Waals surface area (Å²) in [6.45, 7) is 4.76. The van der Waals surface area contributed by atoms with E-state index in [1.165, 1.54) is 0 Å². The predicted octanol–water partition coefficient (Wildman–Crippen LogP) is 0.326. The smallest absolute Gasteiger partial charge is 0.341 e. The van der Waals surface area contributed by atoms with Gasteiger partial charge in [-0.2, -0.15) is 0 Å². The fourth-order valence-electron chi connectivity index (χ4n) is 4.26. The van der Waals surface area contributed by atoms with Crippen LogP contribution in [0.2, 0.25) is 0 Å². The molecule has 4 aliphatic rings. The molecule has 136 valence electrons. The number of cyclic esters (lactones) is 1. The number of rotatable bonds is 1. The van der Waals surface area contributed by atoms with Gasteiger partial charge in [-0.3, -0.25) is 4.90 Å². The van der Waals surface area contributed by atoms with Crippen LogP contribution in [0.4, 0.5) is 0 Å². The molecule has 4 atom stereocenters. The topological polar surface area (TPSA) is 88.6 Å². The third kappa shape index (κ3) is 2.37. The molecule has 7 heteroatoms. The van der Waals surface area contributed by atoms with Crippen molar-refractivity contribution in [1.82, 2.24) is 4.90 Å². The molecule has 1 N–H and O–H groups in total. The minimum atomic E-state index is -1.25. The Labute approximate surface area is 146 Å². The molecular formula is C18H23NO6. The number of hydrogen-bond acceptors (Lipinski definition) is 7. The zero-order chi connectivity index (χ0) is 17.8. The lowest BCUT2D eigenvalue weighted by Crippen LogP contribution is -2.40. The highest BCUT2D eigenvalue weighted by molar-refractivity contribution is 5.90. The third-order valence-corrected chi connectivity index (χ3v) is 6.00. The van der Waals surface area contributed by atoms with Gasteiger partial charge < -0.3 is 19.3 Å². The Balaban J connectivity index is 1.67. The van der Waals surface area contributed by atoms with Crippen LogP contribution in [0, 0.1) is 0 Å². The van der Waals surface area contributed by atoms with Gasteiger partial charge >= 0.3 is 11.9 Å². The van der Waals surface area contributed by atoms with Crippen molar-refractivity contribution >= 4 is 11.9 Å². The van der Waals surface area contributed by atoms with Gasteiger partial charge in [0.1, 0.15) is 18.3 Å². The molecule has 0 unspecified atom stereocenters. The molecule has 0 radical (unpaired) electrons. The number of carbonyl (C=O) groups excluding carboxylic acids is 2. The monoisotopic (exact) mass is 349 g/mol. The summed E-state index contributed by atoms with van der Waals surface area (Å²) in [5.74, 6) is -0.903. The first-order chi connectivity index (χ1) is 11.9. The van der Waals surface area contributed by atoms with Gasteiger partial charge in [-0.25, -0.2) is 9.59 Å². The number of allylic oxidation sites excluding steroid dienone is 1. The highest BCUT2D eigenvalue weighted by Gasteiger charge is 2.73. The van der Waals surface area contributed by atoms with Gasteiger partial charge in [0.25, 0.3) is 0 Å². The van der Waals surface area contributed by atoms with Gasteiger partial charge in [-0.05, 0) is 25.8 Å². The summed E-state index contributed by atoms with van der Waals surface area (Å²) in [6, 6.07) is -0.0233. The summed E-state index contributed by atoms with van der Waals surface area (Å²) in [4.78, 5) is 27.5. The molecule has 0 aliphatic carbocycles. The van der Waals surface area contributed by atoms with E-state index < -0.39 is 23.1 Å². The van der Waals surface area contributed by atoms with Crippen LogP contribution in [0.5, 0.6) is 0 Å². The van der Waals surface area contributed by atoms with E-state index in [1.807, 2.05) is 6.08 Å². The molecular weight excluding hydrogens is 326 g/mol. The Hall–Kier alpha value is -1.70. The van der Waals surface area contributed by atoms with Crippen LogP contribution in [-0.2, 0) is 23.8 Å². The van der Waals surface area contributed by atoms with Gasteiger partial charge in [0.05, 0.1) is 12.6 Å². The lowest BCUT2D eigenvalue weighted by atomic mass is 9.88. The van der Waals surface area contributed by atoms with Crippen LogP contribution >= 0.6 is 0 Å². The van der Waals surface area contributed by atoms with Gasteiger partial charge in [-0.1, -0.05) is 12.2 Å². The summed E-state index contributed by atoms with van der Waals surface area (Å²) < 4.78 is 16.9. The van der Waals surface area contributed by atoms with E-state index in [0.29, 0.717) is 5.57 Å². The van der Waals surface area contributed by atoms with Crippen LogP contribution in [0.25, 0.3) is 0 Å². The number of hydrogen-bond donors (Lipinski definition) is 1. The summed E-state index contributed by atoms with van der Waals surface area (Å²) in [5, 5.41) is 9.80. The quantitative estimate of drug-likeness (QED) is 0.316. The molecule has 0 aromatic heterocycles. The molecule has 3 fully saturated rings. The number of aliphatic hydroxyl groups is 1. The zero-order valence-electron chi connectivity index (χ0n) is 14.5. The van der Waals surface area contributed by atoms with Crippen LogP contribution in [0.3, 0.4) is 0 Å². The number of carbonyl (C=O) groups is 2. The zero-order valence-corrected chi connectivity index (χ0v) is 14.5. The molecule has 4 rings (SSSR count). The van der Waals surface area contributed by atoms with E-state index in [1.54, 1.807) is 19.9 Å². The SMILES string of the molecule is C/C=C1/C[C@]2(CO)O[C@@]2(C)C(=O)OCC2=CCN3CC[C@@H](OC1=O)[C@@H]23. The first kappa shape index (κ1) is 16.8. The molecule has 0 aromatic carbocycles. The van der Waals surface area contributed by atoms with E-state index in [2.05, 4.69) is 4.90 Å². The lowest BCUT2D eigenvalue weighted by molar-refractivity contribution is -0.150. The maximum atomic E-state index is 12.7. The van der Waals surface area contributed by atoms with E-state index in [9.17, 15) is 14.7 Å². The van der Waals surface area contributed by atoms with Gasteiger partial charge in [0.15, 0.2) is 5.60 Å². The van der Waals surface area contributed by atoms with E-state index in [-0.39, 0.29) is 31.8 Å².